The van der Waals surface area contributed by atoms with Crippen LogP contribution in [-0.2, 0) is 16.1 Å². The van der Waals surface area contributed by atoms with Crippen LogP contribution >= 0.6 is 0 Å². The number of hydrogen-bond donors (Lipinski definition) is 1. The first-order chi connectivity index (χ1) is 10.7. The lowest BCUT2D eigenvalue weighted by molar-refractivity contribution is 0.0230. The number of likely N-dealkylation sites (tertiary alicyclic amines) is 1. The van der Waals surface area contributed by atoms with Crippen LogP contribution in [-0.4, -0.2) is 48.5 Å². The van der Waals surface area contributed by atoms with Gasteiger partial charge in [0.1, 0.15) is 6.61 Å². The van der Waals surface area contributed by atoms with Crippen LogP contribution in [0, 0.1) is 5.41 Å². The Kier molecular flexibility index (Phi) is 4.64. The number of nitrogens with zero attached hydrogens (tertiary/aromatic N) is 1. The fourth-order valence-corrected chi connectivity index (χ4v) is 3.07. The average Bonchev–Trinajstić information content (AvgIpc) is 3.38. The van der Waals surface area contributed by atoms with Gasteiger partial charge in [-0.1, -0.05) is 30.3 Å². The van der Waals surface area contributed by atoms with E-state index in [0.717, 1.165) is 31.4 Å². The van der Waals surface area contributed by atoms with Crippen LogP contribution in [0.1, 0.15) is 24.8 Å². The SMILES string of the molecule is O=C(OCc1ccccc1)N1CCC(CO)(C[C@@H]2CO2)CC1. The Morgan fingerprint density at radius 2 is 2.00 bits per heavy atom. The third kappa shape index (κ3) is 3.78. The number of hydrogen-bond acceptors (Lipinski definition) is 4. The minimum Gasteiger partial charge on any atom is -0.445 e. The zero-order valence-corrected chi connectivity index (χ0v) is 12.7. The zero-order valence-electron chi connectivity index (χ0n) is 12.7. The van der Waals surface area contributed by atoms with Crippen LogP contribution in [0.5, 0.6) is 0 Å². The number of epoxide rings is 1. The van der Waals surface area contributed by atoms with E-state index in [0.29, 0.717) is 25.8 Å². The summed E-state index contributed by atoms with van der Waals surface area (Å²) in [6.07, 6.45) is 2.56. The number of piperidine rings is 1. The summed E-state index contributed by atoms with van der Waals surface area (Å²) < 4.78 is 10.6. The molecule has 2 fully saturated rings. The lowest BCUT2D eigenvalue weighted by Gasteiger charge is -2.40. The van der Waals surface area contributed by atoms with E-state index in [1.165, 1.54) is 0 Å². The first-order valence-electron chi connectivity index (χ1n) is 7.89. The number of aliphatic hydroxyl groups excluding tert-OH is 1. The van der Waals surface area contributed by atoms with E-state index in [2.05, 4.69) is 0 Å². The molecule has 0 saturated carbocycles. The first-order valence-corrected chi connectivity index (χ1v) is 7.89. The number of ether oxygens (including phenoxy) is 2. The molecule has 1 aromatic rings. The van der Waals surface area contributed by atoms with Gasteiger partial charge in [-0.15, -0.1) is 0 Å². The molecule has 1 aromatic carbocycles. The van der Waals surface area contributed by atoms with Crippen molar-refractivity contribution in [3.63, 3.8) is 0 Å². The normalized spacial score (nSPS) is 23.1. The van der Waals surface area contributed by atoms with E-state index in [-0.39, 0.29) is 18.1 Å². The van der Waals surface area contributed by atoms with Gasteiger partial charge in [0.25, 0.3) is 0 Å². The molecule has 0 unspecified atom stereocenters. The van der Waals surface area contributed by atoms with E-state index in [1.807, 2.05) is 30.3 Å². The molecule has 0 aliphatic carbocycles. The molecule has 2 aliphatic rings. The van der Waals surface area contributed by atoms with Crippen LogP contribution in [0.3, 0.4) is 0 Å². The molecule has 1 amide bonds. The fraction of sp³-hybridized carbons (Fsp3) is 0.588. The number of aliphatic hydroxyl groups is 1. The van der Waals surface area contributed by atoms with Gasteiger partial charge in [0.15, 0.2) is 0 Å². The van der Waals surface area contributed by atoms with Crippen molar-refractivity contribution in [3.05, 3.63) is 35.9 Å². The predicted molar refractivity (Wildman–Crippen MR) is 81.3 cm³/mol. The molecule has 0 aromatic heterocycles. The van der Waals surface area contributed by atoms with E-state index >= 15 is 0 Å². The second-order valence-electron chi connectivity index (χ2n) is 6.34. The van der Waals surface area contributed by atoms with Crippen molar-refractivity contribution in [2.24, 2.45) is 5.41 Å². The lowest BCUT2D eigenvalue weighted by Crippen LogP contribution is -2.45. The Morgan fingerprint density at radius 1 is 1.32 bits per heavy atom. The smallest absolute Gasteiger partial charge is 0.410 e. The molecule has 1 atom stereocenters. The Bertz CT molecular complexity index is 493. The topological polar surface area (TPSA) is 62.3 Å². The van der Waals surface area contributed by atoms with Gasteiger partial charge in [0.05, 0.1) is 12.7 Å². The molecule has 120 valence electrons. The number of carbonyl (C=O) groups excluding carboxylic acids is 1. The molecule has 5 heteroatoms. The van der Waals surface area contributed by atoms with Crippen LogP contribution in [0.25, 0.3) is 0 Å². The average molecular weight is 305 g/mol. The summed E-state index contributed by atoms with van der Waals surface area (Å²) in [5.41, 5.74) is 0.903. The largest absolute Gasteiger partial charge is 0.445 e. The molecule has 1 N–H and O–H groups in total. The molecule has 0 spiro atoms. The third-order valence-electron chi connectivity index (χ3n) is 4.69. The van der Waals surface area contributed by atoms with Crippen LogP contribution in [0.2, 0.25) is 0 Å². The second kappa shape index (κ2) is 6.67. The fourth-order valence-electron chi connectivity index (χ4n) is 3.07. The molecule has 3 rings (SSSR count). The highest BCUT2D eigenvalue weighted by molar-refractivity contribution is 5.67. The van der Waals surface area contributed by atoms with Gasteiger partial charge < -0.3 is 19.5 Å². The number of carbonyl (C=O) groups is 1. The van der Waals surface area contributed by atoms with Gasteiger partial charge in [-0.25, -0.2) is 4.79 Å². The van der Waals surface area contributed by atoms with Gasteiger partial charge in [0, 0.05) is 19.7 Å². The summed E-state index contributed by atoms with van der Waals surface area (Å²) in [6.45, 7) is 2.56. The van der Waals surface area contributed by atoms with E-state index in [1.54, 1.807) is 4.90 Å². The number of benzene rings is 1. The van der Waals surface area contributed by atoms with E-state index in [9.17, 15) is 9.90 Å². The van der Waals surface area contributed by atoms with Crippen molar-refractivity contribution in [3.8, 4) is 0 Å². The van der Waals surface area contributed by atoms with Gasteiger partial charge in [-0.3, -0.25) is 0 Å². The van der Waals surface area contributed by atoms with Crippen LogP contribution < -0.4 is 0 Å². The highest BCUT2D eigenvalue weighted by Crippen LogP contribution is 2.39. The van der Waals surface area contributed by atoms with Gasteiger partial charge in [0.2, 0.25) is 0 Å². The quantitative estimate of drug-likeness (QED) is 0.847. The highest BCUT2D eigenvalue weighted by Gasteiger charge is 2.40. The maximum atomic E-state index is 12.1. The summed E-state index contributed by atoms with van der Waals surface area (Å²) in [6, 6.07) is 9.68. The molecular formula is C17H23NO4. The number of amides is 1. The van der Waals surface area contributed by atoms with Crippen molar-refractivity contribution in [2.45, 2.75) is 32.0 Å². The van der Waals surface area contributed by atoms with Crippen molar-refractivity contribution in [2.75, 3.05) is 26.3 Å². The zero-order chi connectivity index (χ0) is 15.4. The third-order valence-corrected chi connectivity index (χ3v) is 4.69. The molecule has 0 radical (unpaired) electrons. The summed E-state index contributed by atoms with van der Waals surface area (Å²) in [4.78, 5) is 13.9. The molecular weight excluding hydrogens is 282 g/mol. The molecule has 5 nitrogen and oxygen atoms in total. The van der Waals surface area contributed by atoms with Gasteiger partial charge >= 0.3 is 6.09 Å². The van der Waals surface area contributed by atoms with E-state index in [4.69, 9.17) is 9.47 Å². The first kappa shape index (κ1) is 15.3. The number of rotatable bonds is 5. The van der Waals surface area contributed by atoms with Crippen molar-refractivity contribution < 1.29 is 19.4 Å². The molecule has 2 saturated heterocycles. The molecule has 2 aliphatic heterocycles. The standard InChI is InChI=1S/C17H23NO4/c19-13-17(10-15-12-21-15)6-8-18(9-7-17)16(20)22-11-14-4-2-1-3-5-14/h1-5,15,19H,6-13H2/t15-/m1/s1. The van der Waals surface area contributed by atoms with Gasteiger partial charge in [-0.05, 0) is 30.2 Å². The van der Waals surface area contributed by atoms with E-state index < -0.39 is 0 Å². The van der Waals surface area contributed by atoms with Crippen molar-refractivity contribution in [1.29, 1.82) is 0 Å². The van der Waals surface area contributed by atoms with Crippen LogP contribution in [0.15, 0.2) is 30.3 Å². The Balaban J connectivity index is 1.46. The monoisotopic (exact) mass is 305 g/mol. The molecule has 0 bridgehead atoms. The lowest BCUT2D eigenvalue weighted by atomic mass is 9.75. The predicted octanol–water partition coefficient (Wildman–Crippen LogP) is 2.19. The maximum Gasteiger partial charge on any atom is 0.410 e. The minimum absolute atomic E-state index is 0.0859. The maximum absolute atomic E-state index is 12.1. The summed E-state index contributed by atoms with van der Waals surface area (Å²) in [5.74, 6) is 0. The van der Waals surface area contributed by atoms with Crippen molar-refractivity contribution >= 4 is 6.09 Å². The summed E-state index contributed by atoms with van der Waals surface area (Å²) in [5, 5.41) is 9.70. The highest BCUT2D eigenvalue weighted by atomic mass is 16.6. The Labute approximate surface area is 130 Å². The van der Waals surface area contributed by atoms with Crippen LogP contribution in [0.4, 0.5) is 4.79 Å². The van der Waals surface area contributed by atoms with Gasteiger partial charge in [-0.2, -0.15) is 0 Å². The summed E-state index contributed by atoms with van der Waals surface area (Å²) in [7, 11) is 0. The molecule has 22 heavy (non-hydrogen) atoms. The van der Waals surface area contributed by atoms with Crippen molar-refractivity contribution in [1.82, 2.24) is 4.90 Å². The minimum atomic E-state index is -0.266. The Morgan fingerprint density at radius 3 is 2.59 bits per heavy atom. The summed E-state index contributed by atoms with van der Waals surface area (Å²) >= 11 is 0. The Hall–Kier alpha value is -1.59. The molecule has 2 heterocycles. The second-order valence-corrected chi connectivity index (χ2v) is 6.34.